The van der Waals surface area contributed by atoms with E-state index in [1.54, 1.807) is 0 Å². The lowest BCUT2D eigenvalue weighted by Gasteiger charge is -2.05. The van der Waals surface area contributed by atoms with Crippen LogP contribution in [0.4, 0.5) is 0 Å². The first-order chi connectivity index (χ1) is 47.4. The van der Waals surface area contributed by atoms with E-state index in [1.807, 2.05) is 0 Å². The highest BCUT2D eigenvalue weighted by atomic mass is 15.0. The highest BCUT2D eigenvalue weighted by Crippen LogP contribution is 2.51. The number of nitrogens with zero attached hydrogens (tertiary/aromatic N) is 8. The van der Waals surface area contributed by atoms with Gasteiger partial charge in [-0.2, -0.15) is 0 Å². The smallest absolute Gasteiger partial charge is 0.0785 e. The second-order valence-corrected chi connectivity index (χ2v) is 27.7. The lowest BCUT2D eigenvalue weighted by molar-refractivity contribution is 1.01. The first-order valence-corrected chi connectivity index (χ1v) is 33.5. The minimum atomic E-state index is 1.27. The number of aromatic nitrogens is 8. The minimum absolute atomic E-state index is 1.27. The van der Waals surface area contributed by atoms with Crippen molar-refractivity contribution >= 4 is 240 Å². The summed E-state index contributed by atoms with van der Waals surface area (Å²) in [6, 6.07) is 91.4. The molecule has 26 aromatic rings. The van der Waals surface area contributed by atoms with E-state index in [-0.39, 0.29) is 0 Å². The summed E-state index contributed by atoms with van der Waals surface area (Å²) in [5.74, 6) is 0. The first-order valence-electron chi connectivity index (χ1n) is 33.5. The van der Waals surface area contributed by atoms with Gasteiger partial charge in [-0.25, -0.2) is 0 Å². The molecule has 0 saturated carbocycles. The van der Waals surface area contributed by atoms with E-state index in [1.165, 1.54) is 240 Å². The fourth-order valence-electron chi connectivity index (χ4n) is 19.8. The van der Waals surface area contributed by atoms with Gasteiger partial charge in [0.05, 0.1) is 88.3 Å². The summed E-state index contributed by atoms with van der Waals surface area (Å²) < 4.78 is 19.8. The lowest BCUT2D eigenvalue weighted by Crippen LogP contribution is -1.91. The van der Waals surface area contributed by atoms with Crippen LogP contribution in [0.3, 0.4) is 0 Å². The van der Waals surface area contributed by atoms with E-state index in [0.717, 1.165) is 0 Å². The van der Waals surface area contributed by atoms with Gasteiger partial charge in [0, 0.05) is 180 Å². The van der Waals surface area contributed by atoms with Crippen molar-refractivity contribution in [3.05, 3.63) is 243 Å². The van der Waals surface area contributed by atoms with Crippen molar-refractivity contribution in [1.29, 1.82) is 0 Å². The summed E-state index contributed by atoms with van der Waals surface area (Å²) in [5, 5.41) is 31.5. The number of aryl methyl sites for hydroxylation is 4. The topological polar surface area (TPSA) is 37.4 Å². The number of hydrogen-bond donors (Lipinski definition) is 0. The van der Waals surface area contributed by atoms with Crippen molar-refractivity contribution in [2.24, 2.45) is 28.2 Å². The van der Waals surface area contributed by atoms with E-state index >= 15 is 0 Å². The van der Waals surface area contributed by atoms with Crippen LogP contribution in [0.5, 0.6) is 0 Å². The fourth-order valence-corrected chi connectivity index (χ4v) is 19.8. The van der Waals surface area contributed by atoms with Crippen molar-refractivity contribution in [1.82, 2.24) is 35.9 Å². The van der Waals surface area contributed by atoms with Crippen molar-refractivity contribution in [3.63, 3.8) is 0 Å². The molecule has 0 N–H and O–H groups in total. The molecule has 0 aliphatic heterocycles. The molecular formula is C88H52N8. The predicted octanol–water partition coefficient (Wildman–Crippen LogP) is 22.6. The van der Waals surface area contributed by atoms with Gasteiger partial charge < -0.3 is 35.9 Å². The van der Waals surface area contributed by atoms with Gasteiger partial charge in [0.2, 0.25) is 0 Å². The van der Waals surface area contributed by atoms with E-state index < -0.39 is 0 Å². The molecule has 26 rings (SSSR count). The van der Waals surface area contributed by atoms with Gasteiger partial charge in [-0.1, -0.05) is 182 Å². The van der Waals surface area contributed by atoms with Gasteiger partial charge in [0.1, 0.15) is 0 Å². The van der Waals surface area contributed by atoms with Crippen LogP contribution in [0, 0.1) is 0 Å². The Morgan fingerprint density at radius 2 is 0.375 bits per heavy atom. The van der Waals surface area contributed by atoms with E-state index in [2.05, 4.69) is 307 Å². The van der Waals surface area contributed by atoms with E-state index in [9.17, 15) is 0 Å². The standard InChI is InChI=1S/2C44H26N4/c1-45-33-15-5-3-9-29(33)39-35(45)19-17-27-23-11-7-13-25-31-22-38-32(21-37(31)47(41(23)25)43(27)39)26-14-8-12-24-28-18-20-36-40(44(28)48(38)42(24)26)30-10-4-6-16-34(30)46(36)2;1-45-35-15-5-3-9-23(35)29-17-19-31-25-11-7-13-27-33-22-38-34(21-37(33)47(39(25)27)43(31)41(29)45)28-14-8-12-26-32-20-18-30-24-10-4-6-16-36(24)46(2)42(30)44(32)48(38)40(26)28/h2*3-22H,1-2H3. The Bertz CT molecular complexity index is 7640. The van der Waals surface area contributed by atoms with Gasteiger partial charge in [-0.3, -0.25) is 0 Å². The molecule has 0 spiro atoms. The maximum absolute atomic E-state index is 2.58. The minimum Gasteiger partial charge on any atom is -0.344 e. The van der Waals surface area contributed by atoms with Crippen molar-refractivity contribution in [2.45, 2.75) is 0 Å². The maximum atomic E-state index is 2.58. The largest absolute Gasteiger partial charge is 0.344 e. The zero-order valence-electron chi connectivity index (χ0n) is 52.7. The Morgan fingerprint density at radius 1 is 0.146 bits per heavy atom. The molecule has 8 nitrogen and oxygen atoms in total. The summed E-state index contributed by atoms with van der Waals surface area (Å²) in [6.45, 7) is 0. The van der Waals surface area contributed by atoms with Gasteiger partial charge in [0.15, 0.2) is 0 Å². The predicted molar refractivity (Wildman–Crippen MR) is 407 cm³/mol. The van der Waals surface area contributed by atoms with Crippen molar-refractivity contribution < 1.29 is 0 Å². The molecule has 0 aliphatic carbocycles. The maximum Gasteiger partial charge on any atom is 0.0785 e. The summed E-state index contributed by atoms with van der Waals surface area (Å²) in [7, 11) is 8.84. The molecule has 96 heavy (non-hydrogen) atoms. The van der Waals surface area contributed by atoms with Crippen LogP contribution in [0.1, 0.15) is 0 Å². The second kappa shape index (κ2) is 16.3. The SMILES string of the molecule is Cn1c2ccccc2c2c1ccc1c3cccc4c5cc6c(cc5n(c43)c12)c1cccc2c3ccc4c(c5ccccc5n4C)c3n6c12.Cn1c2ccccc2c2ccc3c4cccc5c6cc7c(cc6n(c54)c3c21)c1cccc2c3ccc4c5ccccc5n(C)c4c3n7c12. The number of benzene rings is 14. The highest BCUT2D eigenvalue weighted by Gasteiger charge is 2.29. The molecule has 14 aromatic carbocycles. The summed E-state index contributed by atoms with van der Waals surface area (Å²) >= 11 is 0. The average molecular weight is 1220 g/mol. The molecule has 444 valence electrons. The molecule has 8 heteroatoms. The van der Waals surface area contributed by atoms with Crippen molar-refractivity contribution in [3.8, 4) is 0 Å². The number of rotatable bonds is 0. The Morgan fingerprint density at radius 3 is 0.708 bits per heavy atom. The third-order valence-corrected chi connectivity index (χ3v) is 23.6. The summed E-state index contributed by atoms with van der Waals surface area (Å²) in [5.41, 5.74) is 25.8. The Hall–Kier alpha value is -12.5. The van der Waals surface area contributed by atoms with Gasteiger partial charge in [0.25, 0.3) is 0 Å². The molecular weight excluding hydrogens is 1170 g/mol. The average Bonchev–Trinajstić information content (AvgIpc) is 1.52. The zero-order chi connectivity index (χ0) is 62.3. The van der Waals surface area contributed by atoms with E-state index in [0.29, 0.717) is 0 Å². The lowest BCUT2D eigenvalue weighted by atomic mass is 10.0. The quantitative estimate of drug-likeness (QED) is 0.145. The summed E-state index contributed by atoms with van der Waals surface area (Å²) in [4.78, 5) is 0. The van der Waals surface area contributed by atoms with Gasteiger partial charge >= 0.3 is 0 Å². The van der Waals surface area contributed by atoms with Crippen LogP contribution in [0.2, 0.25) is 0 Å². The third kappa shape index (κ3) is 5.30. The summed E-state index contributed by atoms with van der Waals surface area (Å²) in [6.07, 6.45) is 0. The van der Waals surface area contributed by atoms with Crippen LogP contribution in [-0.2, 0) is 28.2 Å². The van der Waals surface area contributed by atoms with Crippen LogP contribution in [-0.4, -0.2) is 35.9 Å². The Kier molecular flexibility index (Phi) is 8.33. The number of hydrogen-bond acceptors (Lipinski definition) is 0. The molecule has 0 aliphatic rings. The van der Waals surface area contributed by atoms with Crippen LogP contribution in [0.25, 0.3) is 240 Å². The van der Waals surface area contributed by atoms with Crippen LogP contribution in [0.15, 0.2) is 243 Å². The first kappa shape index (κ1) is 49.2. The van der Waals surface area contributed by atoms with Gasteiger partial charge in [-0.05, 0) is 60.7 Å². The molecule has 0 radical (unpaired) electrons. The van der Waals surface area contributed by atoms with E-state index in [4.69, 9.17) is 0 Å². The molecule has 0 saturated heterocycles. The normalized spacial score (nSPS) is 13.2. The number of para-hydroxylation sites is 8. The van der Waals surface area contributed by atoms with Crippen LogP contribution >= 0.6 is 0 Å². The molecule has 0 unspecified atom stereocenters. The molecule has 0 amide bonds. The molecule has 12 aromatic heterocycles. The monoisotopic (exact) mass is 1220 g/mol. The molecule has 0 bridgehead atoms. The van der Waals surface area contributed by atoms with Gasteiger partial charge in [-0.15, -0.1) is 0 Å². The Labute approximate surface area is 543 Å². The Balaban J connectivity index is 0.000000115. The van der Waals surface area contributed by atoms with Crippen LogP contribution < -0.4 is 0 Å². The molecule has 0 atom stereocenters. The third-order valence-electron chi connectivity index (χ3n) is 23.6. The molecule has 0 fully saturated rings. The zero-order valence-corrected chi connectivity index (χ0v) is 52.7. The highest BCUT2D eigenvalue weighted by molar-refractivity contribution is 6.37. The number of fused-ring (bicyclic) bond motifs is 40. The molecule has 12 heterocycles. The fraction of sp³-hybridized carbons (Fsp3) is 0.0455. The second-order valence-electron chi connectivity index (χ2n) is 27.7. The van der Waals surface area contributed by atoms with Crippen molar-refractivity contribution in [2.75, 3.05) is 0 Å².